The molecule has 0 aromatic heterocycles. The van der Waals surface area contributed by atoms with E-state index >= 15 is 0 Å². The Balaban J connectivity index is 3.00. The van der Waals surface area contributed by atoms with Gasteiger partial charge in [-0.05, 0) is 20.3 Å². The molecule has 0 bridgehead atoms. The molecular weight excluding hydrogens is 128 g/mol. The molecule has 0 aromatic rings. The molecule has 1 unspecified atom stereocenters. The first-order chi connectivity index (χ1) is 4.81. The van der Waals surface area contributed by atoms with Crippen molar-refractivity contribution >= 4 is 0 Å². The minimum absolute atomic E-state index is 0.250. The summed E-state index contributed by atoms with van der Waals surface area (Å²) >= 11 is 0. The molecule has 0 amide bonds. The second-order valence-corrected chi connectivity index (χ2v) is 2.34. The Hall–Kier alpha value is -0.0800. The van der Waals surface area contributed by atoms with Crippen LogP contribution in [-0.4, -0.2) is 25.9 Å². The standard InChI is InChI=1S/C8H18O2/c1-4-6-10-8(3)7-9-5-2/h8H,4-7H2,1-3H3. The maximum absolute atomic E-state index is 5.37. The van der Waals surface area contributed by atoms with Crippen LogP contribution in [0.5, 0.6) is 0 Å². The van der Waals surface area contributed by atoms with Crippen LogP contribution in [0.15, 0.2) is 0 Å². The van der Waals surface area contributed by atoms with Crippen molar-refractivity contribution in [2.24, 2.45) is 0 Å². The average molecular weight is 146 g/mol. The van der Waals surface area contributed by atoms with Crippen molar-refractivity contribution < 1.29 is 9.47 Å². The molecule has 0 heterocycles. The first kappa shape index (κ1) is 9.92. The van der Waals surface area contributed by atoms with Crippen molar-refractivity contribution in [1.82, 2.24) is 0 Å². The number of hydrogen-bond acceptors (Lipinski definition) is 2. The second kappa shape index (κ2) is 7.03. The van der Waals surface area contributed by atoms with Gasteiger partial charge in [0.2, 0.25) is 0 Å². The maximum atomic E-state index is 5.37. The molecule has 0 aromatic carbocycles. The van der Waals surface area contributed by atoms with E-state index < -0.39 is 0 Å². The molecule has 62 valence electrons. The normalized spacial score (nSPS) is 13.5. The van der Waals surface area contributed by atoms with Gasteiger partial charge in [-0.2, -0.15) is 0 Å². The van der Waals surface area contributed by atoms with Crippen LogP contribution in [0.2, 0.25) is 0 Å². The summed E-state index contributed by atoms with van der Waals surface area (Å²) in [4.78, 5) is 0. The smallest absolute Gasteiger partial charge is 0.0780 e. The molecule has 0 rings (SSSR count). The predicted molar refractivity (Wildman–Crippen MR) is 42.2 cm³/mol. The Morgan fingerprint density at radius 3 is 2.50 bits per heavy atom. The molecule has 0 aliphatic rings. The summed E-state index contributed by atoms with van der Waals surface area (Å²) in [6.45, 7) is 8.47. The molecule has 2 heteroatoms. The molecule has 0 aliphatic carbocycles. The van der Waals surface area contributed by atoms with Crippen LogP contribution in [0.1, 0.15) is 27.2 Å². The van der Waals surface area contributed by atoms with Gasteiger partial charge in [-0.3, -0.25) is 0 Å². The van der Waals surface area contributed by atoms with Gasteiger partial charge in [0.1, 0.15) is 0 Å². The Labute approximate surface area is 63.5 Å². The highest BCUT2D eigenvalue weighted by Gasteiger charge is 1.98. The highest BCUT2D eigenvalue weighted by Crippen LogP contribution is 1.92. The quantitative estimate of drug-likeness (QED) is 0.569. The highest BCUT2D eigenvalue weighted by atomic mass is 16.5. The van der Waals surface area contributed by atoms with Crippen LogP contribution in [-0.2, 0) is 9.47 Å². The summed E-state index contributed by atoms with van der Waals surface area (Å²) in [5.41, 5.74) is 0. The zero-order valence-electron chi connectivity index (χ0n) is 7.22. The monoisotopic (exact) mass is 146 g/mol. The number of rotatable bonds is 6. The lowest BCUT2D eigenvalue weighted by molar-refractivity contribution is -0.00294. The minimum atomic E-state index is 0.250. The maximum Gasteiger partial charge on any atom is 0.0780 e. The average Bonchev–Trinajstić information content (AvgIpc) is 1.97. The summed E-state index contributed by atoms with van der Waals surface area (Å²) in [6, 6.07) is 0. The van der Waals surface area contributed by atoms with Crippen molar-refractivity contribution in [2.75, 3.05) is 19.8 Å². The van der Waals surface area contributed by atoms with E-state index in [0.717, 1.165) is 26.2 Å². The van der Waals surface area contributed by atoms with Crippen LogP contribution in [0.3, 0.4) is 0 Å². The molecular formula is C8H18O2. The summed E-state index contributed by atoms with van der Waals surface area (Å²) in [6.07, 6.45) is 1.33. The van der Waals surface area contributed by atoms with Gasteiger partial charge >= 0.3 is 0 Å². The first-order valence-electron chi connectivity index (χ1n) is 4.00. The molecule has 10 heavy (non-hydrogen) atoms. The highest BCUT2D eigenvalue weighted by molar-refractivity contribution is 4.45. The summed E-state index contributed by atoms with van der Waals surface area (Å²) in [5.74, 6) is 0. The summed E-state index contributed by atoms with van der Waals surface area (Å²) < 4.78 is 10.5. The topological polar surface area (TPSA) is 18.5 Å². The minimum Gasteiger partial charge on any atom is -0.379 e. The Morgan fingerprint density at radius 2 is 2.00 bits per heavy atom. The van der Waals surface area contributed by atoms with Gasteiger partial charge in [-0.1, -0.05) is 6.92 Å². The van der Waals surface area contributed by atoms with Crippen molar-refractivity contribution in [3.8, 4) is 0 Å². The van der Waals surface area contributed by atoms with Crippen molar-refractivity contribution in [3.63, 3.8) is 0 Å². The second-order valence-electron chi connectivity index (χ2n) is 2.34. The molecule has 2 nitrogen and oxygen atoms in total. The zero-order chi connectivity index (χ0) is 7.82. The molecule has 0 saturated heterocycles. The Bertz CT molecular complexity index is 56.3. The fourth-order valence-corrected chi connectivity index (χ4v) is 0.651. The van der Waals surface area contributed by atoms with E-state index in [1.807, 2.05) is 13.8 Å². The van der Waals surface area contributed by atoms with Crippen LogP contribution in [0, 0.1) is 0 Å². The van der Waals surface area contributed by atoms with E-state index in [4.69, 9.17) is 9.47 Å². The zero-order valence-corrected chi connectivity index (χ0v) is 7.22. The van der Waals surface area contributed by atoms with Gasteiger partial charge in [0.15, 0.2) is 0 Å². The lowest BCUT2D eigenvalue weighted by Crippen LogP contribution is -2.16. The molecule has 0 aliphatic heterocycles. The molecule has 0 fully saturated rings. The number of hydrogen-bond donors (Lipinski definition) is 0. The van der Waals surface area contributed by atoms with Crippen LogP contribution in [0.4, 0.5) is 0 Å². The van der Waals surface area contributed by atoms with Crippen LogP contribution in [0.25, 0.3) is 0 Å². The lowest BCUT2D eigenvalue weighted by atomic mass is 10.4. The molecule has 0 saturated carbocycles. The fourth-order valence-electron chi connectivity index (χ4n) is 0.651. The lowest BCUT2D eigenvalue weighted by Gasteiger charge is -2.11. The Kier molecular flexibility index (Phi) is 6.98. The van der Waals surface area contributed by atoms with Gasteiger partial charge in [0.05, 0.1) is 12.7 Å². The van der Waals surface area contributed by atoms with E-state index in [0.29, 0.717) is 0 Å². The summed E-state index contributed by atoms with van der Waals surface area (Å²) in [7, 11) is 0. The van der Waals surface area contributed by atoms with Crippen LogP contribution >= 0.6 is 0 Å². The number of ether oxygens (including phenoxy) is 2. The third kappa shape index (κ3) is 6.05. The predicted octanol–water partition coefficient (Wildman–Crippen LogP) is 1.84. The van der Waals surface area contributed by atoms with Crippen LogP contribution < -0.4 is 0 Å². The van der Waals surface area contributed by atoms with E-state index in [1.54, 1.807) is 0 Å². The van der Waals surface area contributed by atoms with E-state index in [1.165, 1.54) is 0 Å². The molecule has 0 N–H and O–H groups in total. The van der Waals surface area contributed by atoms with E-state index in [9.17, 15) is 0 Å². The fraction of sp³-hybridized carbons (Fsp3) is 1.00. The van der Waals surface area contributed by atoms with Gasteiger partial charge < -0.3 is 9.47 Å². The SMILES string of the molecule is CCCOC(C)COCC. The van der Waals surface area contributed by atoms with Gasteiger partial charge in [-0.15, -0.1) is 0 Å². The molecule has 0 radical (unpaired) electrons. The molecule has 1 atom stereocenters. The largest absolute Gasteiger partial charge is 0.379 e. The first-order valence-corrected chi connectivity index (χ1v) is 4.00. The van der Waals surface area contributed by atoms with Gasteiger partial charge in [0.25, 0.3) is 0 Å². The summed E-state index contributed by atoms with van der Waals surface area (Å²) in [5, 5.41) is 0. The third-order valence-corrected chi connectivity index (χ3v) is 1.16. The molecule has 0 spiro atoms. The van der Waals surface area contributed by atoms with E-state index in [-0.39, 0.29) is 6.10 Å². The van der Waals surface area contributed by atoms with Gasteiger partial charge in [0, 0.05) is 13.2 Å². The van der Waals surface area contributed by atoms with Crippen molar-refractivity contribution in [2.45, 2.75) is 33.3 Å². The van der Waals surface area contributed by atoms with Gasteiger partial charge in [-0.25, -0.2) is 0 Å². The van der Waals surface area contributed by atoms with Crippen molar-refractivity contribution in [1.29, 1.82) is 0 Å². The Morgan fingerprint density at radius 1 is 1.30 bits per heavy atom. The van der Waals surface area contributed by atoms with E-state index in [2.05, 4.69) is 6.92 Å². The third-order valence-electron chi connectivity index (χ3n) is 1.16. The van der Waals surface area contributed by atoms with Crippen molar-refractivity contribution in [3.05, 3.63) is 0 Å².